The molecule has 0 spiro atoms. The van der Waals surface area contributed by atoms with Crippen molar-refractivity contribution in [3.63, 3.8) is 0 Å². The third-order valence-corrected chi connectivity index (χ3v) is 6.00. The molecule has 1 fully saturated rings. The van der Waals surface area contributed by atoms with Gasteiger partial charge in [-0.15, -0.1) is 0 Å². The second kappa shape index (κ2) is 6.86. The Hall–Kier alpha value is -1.90. The Kier molecular flexibility index (Phi) is 4.45. The summed E-state index contributed by atoms with van der Waals surface area (Å²) in [7, 11) is 0. The molecule has 28 heavy (non-hydrogen) atoms. The van der Waals surface area contributed by atoms with Crippen molar-refractivity contribution >= 4 is 0 Å². The van der Waals surface area contributed by atoms with E-state index in [4.69, 9.17) is 9.47 Å². The van der Waals surface area contributed by atoms with Crippen LogP contribution >= 0.6 is 0 Å². The minimum atomic E-state index is -4.45. The first-order valence-corrected chi connectivity index (χ1v) is 9.70. The second-order valence-electron chi connectivity index (χ2n) is 7.65. The number of fused-ring (bicyclic) bond motifs is 2. The molecule has 2 aliphatic heterocycles. The fraction of sp³-hybridized carbons (Fsp3) is 0.550. The highest BCUT2D eigenvalue weighted by molar-refractivity contribution is 5.46. The zero-order valence-electron chi connectivity index (χ0n) is 15.5. The van der Waals surface area contributed by atoms with E-state index >= 15 is 0 Å². The Balaban J connectivity index is 1.47. The van der Waals surface area contributed by atoms with Gasteiger partial charge in [0.05, 0.1) is 37.8 Å². The molecular formula is C20H22F3N3O2. The maximum absolute atomic E-state index is 13.4. The third-order valence-electron chi connectivity index (χ3n) is 6.00. The zero-order valence-corrected chi connectivity index (χ0v) is 15.5. The van der Waals surface area contributed by atoms with Gasteiger partial charge in [0, 0.05) is 24.7 Å². The number of halogens is 3. The van der Waals surface area contributed by atoms with Gasteiger partial charge < -0.3 is 9.47 Å². The molecule has 0 unspecified atom stereocenters. The summed E-state index contributed by atoms with van der Waals surface area (Å²) in [6.45, 7) is 3.85. The molecule has 1 aliphatic carbocycles. The first-order chi connectivity index (χ1) is 13.5. The topological polar surface area (TPSA) is 39.5 Å². The van der Waals surface area contributed by atoms with Gasteiger partial charge in [0.25, 0.3) is 0 Å². The Morgan fingerprint density at radius 3 is 2.57 bits per heavy atom. The number of morpholine rings is 1. The van der Waals surface area contributed by atoms with Crippen molar-refractivity contribution in [3.8, 4) is 5.69 Å². The SMILES string of the molecule is FC(F)(F)c1nn(-c2ccc3c(c2)C[C@H](N2CCOCC2)C3)c2c1CCOC2. The summed E-state index contributed by atoms with van der Waals surface area (Å²) in [5.41, 5.74) is 3.15. The number of nitrogens with zero attached hydrogens (tertiary/aromatic N) is 3. The van der Waals surface area contributed by atoms with Crippen LogP contribution < -0.4 is 0 Å². The van der Waals surface area contributed by atoms with E-state index in [-0.39, 0.29) is 18.6 Å². The summed E-state index contributed by atoms with van der Waals surface area (Å²) < 4.78 is 52.6. The number of hydrogen-bond acceptors (Lipinski definition) is 4. The molecule has 1 saturated heterocycles. The molecule has 0 saturated carbocycles. The minimum Gasteiger partial charge on any atom is -0.379 e. The van der Waals surface area contributed by atoms with Gasteiger partial charge in [0.15, 0.2) is 5.69 Å². The number of aromatic nitrogens is 2. The van der Waals surface area contributed by atoms with E-state index in [1.165, 1.54) is 15.8 Å². The molecule has 3 heterocycles. The van der Waals surface area contributed by atoms with E-state index in [2.05, 4.69) is 10.00 Å². The van der Waals surface area contributed by atoms with Crippen molar-refractivity contribution in [2.24, 2.45) is 0 Å². The first-order valence-electron chi connectivity index (χ1n) is 9.70. The van der Waals surface area contributed by atoms with Gasteiger partial charge in [0.2, 0.25) is 0 Å². The number of hydrogen-bond donors (Lipinski definition) is 0. The lowest BCUT2D eigenvalue weighted by Crippen LogP contribution is -2.43. The van der Waals surface area contributed by atoms with Crippen molar-refractivity contribution in [1.29, 1.82) is 0 Å². The van der Waals surface area contributed by atoms with Crippen LogP contribution in [0.3, 0.4) is 0 Å². The summed E-state index contributed by atoms with van der Waals surface area (Å²) in [4.78, 5) is 2.45. The smallest absolute Gasteiger partial charge is 0.379 e. The average molecular weight is 393 g/mol. The Morgan fingerprint density at radius 1 is 1.00 bits per heavy atom. The van der Waals surface area contributed by atoms with Gasteiger partial charge in [-0.25, -0.2) is 4.68 Å². The van der Waals surface area contributed by atoms with Crippen LogP contribution in [0.2, 0.25) is 0 Å². The lowest BCUT2D eigenvalue weighted by molar-refractivity contribution is -0.142. The Bertz CT molecular complexity index is 888. The van der Waals surface area contributed by atoms with Crippen LogP contribution in [0.25, 0.3) is 5.69 Å². The van der Waals surface area contributed by atoms with E-state index in [0.717, 1.165) is 39.1 Å². The summed E-state index contributed by atoms with van der Waals surface area (Å²) >= 11 is 0. The predicted molar refractivity (Wildman–Crippen MR) is 95.5 cm³/mol. The normalized spacial score (nSPS) is 22.9. The lowest BCUT2D eigenvalue weighted by atomic mass is 10.1. The quantitative estimate of drug-likeness (QED) is 0.787. The van der Waals surface area contributed by atoms with Crippen molar-refractivity contribution in [2.75, 3.05) is 32.9 Å². The molecule has 5 nitrogen and oxygen atoms in total. The first kappa shape index (κ1) is 18.1. The average Bonchev–Trinajstić information content (AvgIpc) is 3.29. The molecule has 0 N–H and O–H groups in total. The van der Waals surface area contributed by atoms with Crippen LogP contribution in [0.1, 0.15) is 28.1 Å². The monoisotopic (exact) mass is 393 g/mol. The maximum Gasteiger partial charge on any atom is 0.435 e. The van der Waals surface area contributed by atoms with Crippen LogP contribution in [0.15, 0.2) is 18.2 Å². The Labute approximate surface area is 161 Å². The molecule has 8 heteroatoms. The molecule has 1 aromatic carbocycles. The fourth-order valence-corrected chi connectivity index (χ4v) is 4.59. The summed E-state index contributed by atoms with van der Waals surface area (Å²) in [6.07, 6.45) is -2.32. The molecule has 0 bridgehead atoms. The molecular weight excluding hydrogens is 371 g/mol. The van der Waals surface area contributed by atoms with E-state index in [0.29, 0.717) is 24.0 Å². The molecule has 0 amide bonds. The highest BCUT2D eigenvalue weighted by atomic mass is 19.4. The van der Waals surface area contributed by atoms with E-state index in [1.54, 1.807) is 0 Å². The molecule has 1 aromatic heterocycles. The van der Waals surface area contributed by atoms with Gasteiger partial charge in [-0.2, -0.15) is 18.3 Å². The fourth-order valence-electron chi connectivity index (χ4n) is 4.59. The van der Waals surface area contributed by atoms with Crippen LogP contribution in [0, 0.1) is 0 Å². The van der Waals surface area contributed by atoms with Crippen molar-refractivity contribution < 1.29 is 22.6 Å². The number of ether oxygens (including phenoxy) is 2. The van der Waals surface area contributed by atoms with Crippen LogP contribution in [0.4, 0.5) is 13.2 Å². The van der Waals surface area contributed by atoms with Crippen LogP contribution in [-0.2, 0) is 41.5 Å². The van der Waals surface area contributed by atoms with Gasteiger partial charge in [-0.1, -0.05) is 6.07 Å². The van der Waals surface area contributed by atoms with Crippen molar-refractivity contribution in [2.45, 2.75) is 38.1 Å². The van der Waals surface area contributed by atoms with Crippen LogP contribution in [-0.4, -0.2) is 53.6 Å². The van der Waals surface area contributed by atoms with Crippen LogP contribution in [0.5, 0.6) is 0 Å². The third kappa shape index (κ3) is 3.13. The number of benzene rings is 1. The number of alkyl halides is 3. The summed E-state index contributed by atoms with van der Waals surface area (Å²) in [6, 6.07) is 6.35. The number of rotatable bonds is 2. The highest BCUT2D eigenvalue weighted by Gasteiger charge is 2.40. The van der Waals surface area contributed by atoms with Gasteiger partial charge in [-0.3, -0.25) is 4.90 Å². The summed E-state index contributed by atoms with van der Waals surface area (Å²) in [5.74, 6) is 0. The zero-order chi connectivity index (χ0) is 19.3. The largest absolute Gasteiger partial charge is 0.435 e. The van der Waals surface area contributed by atoms with Gasteiger partial charge >= 0.3 is 6.18 Å². The second-order valence-corrected chi connectivity index (χ2v) is 7.65. The standard InChI is InChI=1S/C20H22F3N3O2/c21-20(22,23)19-17-3-6-28-12-18(17)26(24-19)15-2-1-13-9-16(11-14(13)10-15)25-4-7-27-8-5-25/h1-2,10,16H,3-9,11-12H2/t16-/m1/s1. The van der Waals surface area contributed by atoms with E-state index in [1.807, 2.05) is 18.2 Å². The molecule has 5 rings (SSSR count). The molecule has 150 valence electrons. The Morgan fingerprint density at radius 2 is 1.79 bits per heavy atom. The molecule has 3 aliphatic rings. The van der Waals surface area contributed by atoms with Crippen molar-refractivity contribution in [3.05, 3.63) is 46.3 Å². The van der Waals surface area contributed by atoms with Crippen molar-refractivity contribution in [1.82, 2.24) is 14.7 Å². The highest BCUT2D eigenvalue weighted by Crippen LogP contribution is 2.36. The molecule has 0 radical (unpaired) electrons. The van der Waals surface area contributed by atoms with Gasteiger partial charge in [-0.05, 0) is 42.5 Å². The lowest BCUT2D eigenvalue weighted by Gasteiger charge is -2.32. The summed E-state index contributed by atoms with van der Waals surface area (Å²) in [5, 5.41) is 3.95. The van der Waals surface area contributed by atoms with E-state index in [9.17, 15) is 13.2 Å². The predicted octanol–water partition coefficient (Wildman–Crippen LogP) is 2.76. The van der Waals surface area contributed by atoms with E-state index < -0.39 is 11.9 Å². The van der Waals surface area contributed by atoms with Gasteiger partial charge in [0.1, 0.15) is 0 Å². The molecule has 1 atom stereocenters. The molecule has 2 aromatic rings. The minimum absolute atomic E-state index is 0.159. The maximum atomic E-state index is 13.4.